The number of rotatable bonds is 33. The number of carbonyl (C=O) groups excluding carboxylic acids is 3. The van der Waals surface area contributed by atoms with E-state index in [0.29, 0.717) is 60.1 Å². The lowest BCUT2D eigenvalue weighted by Crippen LogP contribution is -2.31. The van der Waals surface area contributed by atoms with Crippen LogP contribution in [-0.2, 0) is 56.0 Å². The van der Waals surface area contributed by atoms with E-state index >= 15 is 0 Å². The van der Waals surface area contributed by atoms with Gasteiger partial charge in [0.2, 0.25) is 11.8 Å². The summed E-state index contributed by atoms with van der Waals surface area (Å²) < 4.78 is 112. The number of fused-ring (bicyclic) bond motifs is 2. The van der Waals surface area contributed by atoms with E-state index in [0.717, 1.165) is 10.8 Å². The molecule has 3 aromatic carbocycles. The Morgan fingerprint density at radius 1 is 0.868 bits per heavy atom. The molecule has 6 unspecified atom stereocenters. The van der Waals surface area contributed by atoms with Gasteiger partial charge in [-0.2, -0.15) is 22.0 Å². The Morgan fingerprint density at radius 3 is 2.33 bits per heavy atom. The molecule has 7 rings (SSSR count). The molecule has 1 fully saturated rings. The zero-order valence-electron chi connectivity index (χ0n) is 47.0. The fraction of sp³-hybridized carbons (Fsp3) is 0.367. The number of nitrogens with zero attached hydrogens (tertiary/aromatic N) is 9. The Bertz CT molecular complexity index is 4220. The minimum Gasteiger partial charge on any atom is -0.491 e. The van der Waals surface area contributed by atoms with Crippen molar-refractivity contribution >= 4 is 84.9 Å². The number of phosphoric acid groups is 3. The number of amides is 3. The van der Waals surface area contributed by atoms with Gasteiger partial charge in [0, 0.05) is 70.3 Å². The molecule has 6 aromatic rings. The summed E-state index contributed by atoms with van der Waals surface area (Å²) in [6, 6.07) is 17.3. The number of ether oxygens (including phenoxy) is 4. The van der Waals surface area contributed by atoms with E-state index in [1.54, 1.807) is 48.5 Å². The molecule has 38 nitrogen and oxygen atoms in total. The van der Waals surface area contributed by atoms with E-state index < -0.39 is 107 Å². The van der Waals surface area contributed by atoms with Crippen LogP contribution in [-0.4, -0.2) is 142 Å². The zero-order valence-corrected chi connectivity index (χ0v) is 50.5. The maximum Gasteiger partial charge on any atom is 0.490 e. The number of azide groups is 2. The van der Waals surface area contributed by atoms with Crippen molar-refractivity contribution in [3.05, 3.63) is 131 Å². The minimum atomic E-state index is -5.86. The Balaban J connectivity index is 0.804. The maximum absolute atomic E-state index is 13.0. The first-order chi connectivity index (χ1) is 43.2. The predicted octanol–water partition coefficient (Wildman–Crippen LogP) is 4.24. The smallest absolute Gasteiger partial charge is 0.490 e. The van der Waals surface area contributed by atoms with Gasteiger partial charge in [0.05, 0.1) is 30.6 Å². The molecular weight excluding hydrogens is 1290 g/mol. The van der Waals surface area contributed by atoms with Crippen LogP contribution in [0.3, 0.4) is 0 Å². The van der Waals surface area contributed by atoms with Gasteiger partial charge in [0.15, 0.2) is 11.8 Å². The van der Waals surface area contributed by atoms with Crippen molar-refractivity contribution in [1.82, 2.24) is 30.5 Å². The highest BCUT2D eigenvalue weighted by Crippen LogP contribution is 2.66. The molecule has 0 radical (unpaired) electrons. The first-order valence-electron chi connectivity index (χ1n) is 26.5. The second-order valence-corrected chi connectivity index (χ2v) is 25.0. The van der Waals surface area contributed by atoms with Gasteiger partial charge < -0.3 is 74.4 Å². The molecule has 4 heterocycles. The van der Waals surface area contributed by atoms with E-state index in [4.69, 9.17) is 58.9 Å². The normalized spacial score (nSPS) is 16.4. The van der Waals surface area contributed by atoms with E-state index in [1.807, 2.05) is 0 Å². The van der Waals surface area contributed by atoms with Crippen LogP contribution in [0.5, 0.6) is 5.75 Å². The number of unbranched alkanes of at least 4 members (excludes halogenated alkanes) is 2. The van der Waals surface area contributed by atoms with Crippen LogP contribution in [0.4, 0.5) is 11.5 Å². The summed E-state index contributed by atoms with van der Waals surface area (Å²) in [5.41, 5.74) is 24.0. The average Bonchev–Trinajstić information content (AvgIpc) is 1.78. The van der Waals surface area contributed by atoms with Gasteiger partial charge in [-0.05, 0) is 91.3 Å². The second-order valence-electron chi connectivity index (χ2n) is 19.0. The predicted molar refractivity (Wildman–Crippen MR) is 314 cm³/mol. The molecule has 3 amide bonds. The van der Waals surface area contributed by atoms with Crippen molar-refractivity contribution in [3.63, 3.8) is 0 Å². The summed E-state index contributed by atoms with van der Waals surface area (Å²) in [7, 11) is -21.2. The number of benzene rings is 3. The number of hydrogen-bond acceptors (Lipinski definition) is 25. The van der Waals surface area contributed by atoms with Crippen LogP contribution in [0.25, 0.3) is 54.4 Å². The Labute approximate surface area is 512 Å². The number of aromatic nitrogens is 3. The molecule has 1 aliphatic rings. The molecule has 1 saturated heterocycles. The fourth-order valence-corrected chi connectivity index (χ4v) is 11.8. The molecule has 6 atom stereocenters. The van der Waals surface area contributed by atoms with Gasteiger partial charge in [-0.15, -0.1) is 0 Å². The number of carbonyl (C=O) groups is 3. The first kappa shape index (κ1) is 69.9. The van der Waals surface area contributed by atoms with Crippen molar-refractivity contribution in [2.75, 3.05) is 69.5 Å². The summed E-state index contributed by atoms with van der Waals surface area (Å²) in [5, 5.41) is 18.4. The number of nitrogen functional groups attached to an aromatic ring is 1. The lowest BCUT2D eigenvalue weighted by Gasteiger charge is -2.21. The highest BCUT2D eigenvalue weighted by Gasteiger charge is 2.44. The number of phosphoric ester groups is 1. The molecule has 42 heteroatoms. The van der Waals surface area contributed by atoms with Crippen molar-refractivity contribution in [3.8, 4) is 29.0 Å². The quantitative estimate of drug-likeness (QED) is 0.00402. The van der Waals surface area contributed by atoms with Crippen LogP contribution in [0.2, 0.25) is 0 Å². The van der Waals surface area contributed by atoms with Gasteiger partial charge >= 0.3 is 34.8 Å². The van der Waals surface area contributed by atoms with E-state index in [9.17, 15) is 55.9 Å². The number of oxazole rings is 1. The fourth-order valence-electron chi connectivity index (χ4n) is 8.25. The van der Waals surface area contributed by atoms with Crippen LogP contribution < -0.4 is 43.1 Å². The SMILES string of the molecule is [N-]=[N+]=NCOC1CC(n2cc(C#CCNC(=O)COC(COc3cccc(C(=O)NCCCCCNC(=O)c4ccc5oc(-c6cc7ccc(NCCCS(=O)(=O)O)cc7oc6=O)nc5c4)c3)N=[N+]=[N-])c(N)nc2=O)OC1COP(=O)(O)OP(=O)(O)OP(=O)(O)O. The summed E-state index contributed by atoms with van der Waals surface area (Å²) >= 11 is 0. The van der Waals surface area contributed by atoms with Crippen LogP contribution in [0.15, 0.2) is 102 Å². The maximum atomic E-state index is 13.0. The molecule has 1 aliphatic heterocycles. The minimum absolute atomic E-state index is 0.0147. The van der Waals surface area contributed by atoms with E-state index in [-0.39, 0.29) is 78.2 Å². The Morgan fingerprint density at radius 2 is 1.62 bits per heavy atom. The summed E-state index contributed by atoms with van der Waals surface area (Å²) in [4.78, 5) is 115. The highest BCUT2D eigenvalue weighted by molar-refractivity contribution is 7.85. The molecule has 486 valence electrons. The molecule has 91 heavy (non-hydrogen) atoms. The molecule has 11 N–H and O–H groups in total. The number of hydrogen-bond donors (Lipinski definition) is 10. The largest absolute Gasteiger partial charge is 0.491 e. The van der Waals surface area contributed by atoms with Crippen LogP contribution in [0.1, 0.15) is 64.6 Å². The van der Waals surface area contributed by atoms with Gasteiger partial charge in [-0.25, -0.2) is 28.3 Å². The number of anilines is 2. The highest BCUT2D eigenvalue weighted by atomic mass is 32.2. The van der Waals surface area contributed by atoms with Gasteiger partial charge in [-0.3, -0.25) is 28.0 Å². The number of nitrogens with one attached hydrogen (secondary N) is 4. The number of nitrogens with two attached hydrogens (primary N) is 1. The van der Waals surface area contributed by atoms with Crippen LogP contribution >= 0.6 is 23.5 Å². The van der Waals surface area contributed by atoms with Crippen molar-refractivity contribution in [1.29, 1.82) is 0 Å². The summed E-state index contributed by atoms with van der Waals surface area (Å²) in [5.74, 6) is 3.16. The molecule has 0 bridgehead atoms. The molecule has 0 saturated carbocycles. The molecular formula is C49H55N14O24P3S. The average molecular weight is 1350 g/mol. The van der Waals surface area contributed by atoms with Crippen LogP contribution in [0, 0.1) is 11.8 Å². The van der Waals surface area contributed by atoms with Crippen molar-refractivity contribution in [2.24, 2.45) is 10.2 Å². The van der Waals surface area contributed by atoms with Gasteiger partial charge in [-0.1, -0.05) is 28.1 Å². The standard InChI is InChI=1S/C49H55N14O24P3S/c50-44-32(24-63(49(68)59-44)43-23-39(81-28-57-61-51)40(83-43)25-82-89(72,73)87-90(74,75)86-88(69,70)71)8-5-16-54-41(64)26-80-42(60-62-52)27-79-34-9-4-7-30(19-34)45(65)55-14-2-1-3-15-56-46(66)31-11-13-37-36(21-31)58-47(84-37)35-20-29-10-12-33(22-38(29)85-48(35)67)53-17-6-18-91(76,77)78/h4,7,9-13,19-22,24,39-40,42-43,53H,1-3,6,14-18,23,25-28H2,(H,54,64)(H,55,65)(H,56,66)(H,72,73)(H,74,75)(H2,50,59,68)(H2,69,70,71)(H,76,77,78). The van der Waals surface area contributed by atoms with Crippen molar-refractivity contribution in [2.45, 2.75) is 56.8 Å². The zero-order chi connectivity index (χ0) is 65.9. The van der Waals surface area contributed by atoms with Crippen molar-refractivity contribution < 1.29 is 102 Å². The third kappa shape index (κ3) is 22.1. The van der Waals surface area contributed by atoms with E-state index in [1.165, 1.54) is 18.2 Å². The Hall–Kier alpha value is -8.59. The van der Waals surface area contributed by atoms with Gasteiger partial charge in [0.1, 0.15) is 60.5 Å². The lowest BCUT2D eigenvalue weighted by atomic mass is 10.1. The third-order valence-electron chi connectivity index (χ3n) is 12.3. The molecule has 0 aliphatic carbocycles. The monoisotopic (exact) mass is 1350 g/mol. The Kier molecular flexibility index (Phi) is 24.5. The van der Waals surface area contributed by atoms with Gasteiger partial charge in [0.25, 0.3) is 21.9 Å². The first-order valence-corrected chi connectivity index (χ1v) is 32.6. The summed E-state index contributed by atoms with van der Waals surface area (Å²) in [6.07, 6.45) is -2.36. The third-order valence-corrected chi connectivity index (χ3v) is 16.9. The van der Waals surface area contributed by atoms with E-state index in [2.05, 4.69) is 76.3 Å². The lowest BCUT2D eigenvalue weighted by molar-refractivity contribution is -0.127. The summed E-state index contributed by atoms with van der Waals surface area (Å²) in [6.45, 7) is -2.05. The molecule has 0 spiro atoms. The molecule has 3 aromatic heterocycles. The topological polar surface area (TPSA) is 565 Å². The second kappa shape index (κ2) is 31.9.